The Morgan fingerprint density at radius 2 is 2.20 bits per heavy atom. The molecular formula is C20H27N3O2. The van der Waals surface area contributed by atoms with Gasteiger partial charge in [-0.2, -0.15) is 0 Å². The molecule has 2 aromatic rings. The van der Waals surface area contributed by atoms with Gasteiger partial charge in [-0.3, -0.25) is 0 Å². The molecule has 2 amide bonds. The number of amides is 2. The normalized spacial score (nSPS) is 16.9. The smallest absolute Gasteiger partial charge is 0.322 e. The molecule has 2 heterocycles. The Bertz CT molecular complexity index is 738. The summed E-state index contributed by atoms with van der Waals surface area (Å²) in [4.78, 5) is 14.8. The van der Waals surface area contributed by atoms with Crippen molar-refractivity contribution in [3.8, 4) is 5.75 Å². The molecule has 0 radical (unpaired) electrons. The molecule has 5 nitrogen and oxygen atoms in total. The van der Waals surface area contributed by atoms with E-state index in [1.54, 1.807) is 0 Å². The first kappa shape index (κ1) is 17.4. The van der Waals surface area contributed by atoms with E-state index in [1.807, 2.05) is 49.3 Å². The third-order valence-electron chi connectivity index (χ3n) is 4.68. The maximum absolute atomic E-state index is 12.9. The second kappa shape index (κ2) is 7.64. The van der Waals surface area contributed by atoms with E-state index < -0.39 is 0 Å². The van der Waals surface area contributed by atoms with Crippen LogP contribution in [0.4, 0.5) is 10.5 Å². The Hall–Kier alpha value is -2.43. The average Bonchev–Trinajstić information content (AvgIpc) is 3.23. The summed E-state index contributed by atoms with van der Waals surface area (Å²) in [6.07, 6.45) is 4.98. The summed E-state index contributed by atoms with van der Waals surface area (Å²) in [5.41, 5.74) is 3.03. The van der Waals surface area contributed by atoms with Crippen LogP contribution in [-0.2, 0) is 7.05 Å². The van der Waals surface area contributed by atoms with Crippen molar-refractivity contribution >= 4 is 11.7 Å². The Morgan fingerprint density at radius 3 is 2.92 bits per heavy atom. The zero-order valence-electron chi connectivity index (χ0n) is 15.3. The predicted octanol–water partition coefficient (Wildman–Crippen LogP) is 4.49. The van der Waals surface area contributed by atoms with Gasteiger partial charge in [0.25, 0.3) is 0 Å². The van der Waals surface area contributed by atoms with Crippen LogP contribution in [0.1, 0.15) is 43.5 Å². The number of hydrogen-bond acceptors (Lipinski definition) is 2. The number of aryl methyl sites for hydroxylation is 2. The maximum Gasteiger partial charge on any atom is 0.322 e. The summed E-state index contributed by atoms with van der Waals surface area (Å²) in [7, 11) is 2.03. The highest BCUT2D eigenvalue weighted by atomic mass is 16.5. The number of ether oxygens (including phenoxy) is 1. The van der Waals surface area contributed by atoms with Gasteiger partial charge in [0.1, 0.15) is 5.75 Å². The van der Waals surface area contributed by atoms with Crippen LogP contribution < -0.4 is 10.1 Å². The van der Waals surface area contributed by atoms with Crippen LogP contribution in [0, 0.1) is 6.92 Å². The second-order valence-corrected chi connectivity index (χ2v) is 6.67. The van der Waals surface area contributed by atoms with Gasteiger partial charge in [-0.1, -0.05) is 13.0 Å². The molecule has 1 fully saturated rings. The lowest BCUT2D eigenvalue weighted by Crippen LogP contribution is -2.35. The first-order valence-corrected chi connectivity index (χ1v) is 9.02. The number of urea groups is 1. The second-order valence-electron chi connectivity index (χ2n) is 6.67. The predicted molar refractivity (Wildman–Crippen MR) is 100 cm³/mol. The molecule has 134 valence electrons. The first-order valence-electron chi connectivity index (χ1n) is 9.02. The number of hydrogen-bond donors (Lipinski definition) is 1. The zero-order chi connectivity index (χ0) is 17.8. The SMILES string of the molecule is CCCOc1cc(C)ccc1NC(=O)N1CCCC1c1cccn1C. The van der Waals surface area contributed by atoms with Crippen molar-refractivity contribution in [3.05, 3.63) is 47.8 Å². The van der Waals surface area contributed by atoms with Crippen molar-refractivity contribution in [2.75, 3.05) is 18.5 Å². The van der Waals surface area contributed by atoms with Gasteiger partial charge in [-0.25, -0.2) is 4.79 Å². The topological polar surface area (TPSA) is 46.5 Å². The van der Waals surface area contributed by atoms with E-state index >= 15 is 0 Å². The molecule has 1 atom stereocenters. The molecule has 1 unspecified atom stereocenters. The molecule has 0 saturated carbocycles. The first-order chi connectivity index (χ1) is 12.1. The van der Waals surface area contributed by atoms with Crippen LogP contribution in [0.5, 0.6) is 5.75 Å². The number of nitrogens with zero attached hydrogens (tertiary/aromatic N) is 2. The molecular weight excluding hydrogens is 314 g/mol. The lowest BCUT2D eigenvalue weighted by atomic mass is 10.1. The van der Waals surface area contributed by atoms with Gasteiger partial charge in [-0.05, 0) is 56.0 Å². The summed E-state index contributed by atoms with van der Waals surface area (Å²) in [6, 6.07) is 10.1. The van der Waals surface area contributed by atoms with Crippen LogP contribution in [0.15, 0.2) is 36.5 Å². The van der Waals surface area contributed by atoms with E-state index in [1.165, 1.54) is 5.69 Å². The number of anilines is 1. The van der Waals surface area contributed by atoms with Gasteiger partial charge in [0, 0.05) is 25.5 Å². The average molecular weight is 341 g/mol. The van der Waals surface area contributed by atoms with Crippen molar-refractivity contribution in [2.45, 2.75) is 39.2 Å². The molecule has 25 heavy (non-hydrogen) atoms. The van der Waals surface area contributed by atoms with Gasteiger partial charge in [0.15, 0.2) is 0 Å². The number of nitrogens with one attached hydrogen (secondary N) is 1. The van der Waals surface area contributed by atoms with E-state index in [2.05, 4.69) is 22.9 Å². The van der Waals surface area contributed by atoms with Crippen LogP contribution >= 0.6 is 0 Å². The van der Waals surface area contributed by atoms with Crippen LogP contribution in [0.25, 0.3) is 0 Å². The number of aromatic nitrogens is 1. The summed E-state index contributed by atoms with van der Waals surface area (Å²) in [6.45, 7) is 5.51. The van der Waals surface area contributed by atoms with Crippen LogP contribution in [0.2, 0.25) is 0 Å². The van der Waals surface area contributed by atoms with Gasteiger partial charge < -0.3 is 19.5 Å². The van der Waals surface area contributed by atoms with E-state index in [-0.39, 0.29) is 12.1 Å². The van der Waals surface area contributed by atoms with E-state index in [0.717, 1.165) is 42.8 Å². The van der Waals surface area contributed by atoms with Gasteiger partial charge in [0.05, 0.1) is 18.3 Å². The minimum absolute atomic E-state index is 0.0612. The number of benzene rings is 1. The van der Waals surface area contributed by atoms with Crippen molar-refractivity contribution in [2.24, 2.45) is 7.05 Å². The van der Waals surface area contributed by atoms with E-state index in [9.17, 15) is 4.79 Å². The monoisotopic (exact) mass is 341 g/mol. The van der Waals surface area contributed by atoms with E-state index in [4.69, 9.17) is 4.74 Å². The lowest BCUT2D eigenvalue weighted by Gasteiger charge is -2.26. The van der Waals surface area contributed by atoms with Crippen molar-refractivity contribution < 1.29 is 9.53 Å². The van der Waals surface area contributed by atoms with Crippen LogP contribution in [0.3, 0.4) is 0 Å². The highest BCUT2D eigenvalue weighted by Crippen LogP contribution is 2.33. The fraction of sp³-hybridized carbons (Fsp3) is 0.450. The van der Waals surface area contributed by atoms with Crippen molar-refractivity contribution in [1.82, 2.24) is 9.47 Å². The molecule has 1 aliphatic heterocycles. The van der Waals surface area contributed by atoms with Gasteiger partial charge >= 0.3 is 6.03 Å². The lowest BCUT2D eigenvalue weighted by molar-refractivity contribution is 0.205. The molecule has 3 rings (SSSR count). The molecule has 0 spiro atoms. The Balaban J connectivity index is 1.77. The standard InChI is InChI=1S/C20H27N3O2/c1-4-13-25-19-14-15(2)9-10-16(19)21-20(24)23-12-6-8-18(23)17-7-5-11-22(17)3/h5,7,9-11,14,18H,4,6,8,12-13H2,1-3H3,(H,21,24). The third kappa shape index (κ3) is 3.81. The highest BCUT2D eigenvalue weighted by molar-refractivity contribution is 5.91. The summed E-state index contributed by atoms with van der Waals surface area (Å²) < 4.78 is 7.91. The molecule has 1 saturated heterocycles. The maximum atomic E-state index is 12.9. The molecule has 5 heteroatoms. The fourth-order valence-corrected chi connectivity index (χ4v) is 3.39. The minimum Gasteiger partial charge on any atom is -0.491 e. The molecule has 1 aliphatic rings. The van der Waals surface area contributed by atoms with Crippen molar-refractivity contribution in [3.63, 3.8) is 0 Å². The number of likely N-dealkylation sites (tertiary alicyclic amines) is 1. The quantitative estimate of drug-likeness (QED) is 0.871. The third-order valence-corrected chi connectivity index (χ3v) is 4.68. The fourth-order valence-electron chi connectivity index (χ4n) is 3.39. The molecule has 1 aromatic heterocycles. The Morgan fingerprint density at radius 1 is 1.36 bits per heavy atom. The number of carbonyl (C=O) groups is 1. The summed E-state index contributed by atoms with van der Waals surface area (Å²) in [5.74, 6) is 0.741. The molecule has 1 aromatic carbocycles. The van der Waals surface area contributed by atoms with Crippen molar-refractivity contribution in [1.29, 1.82) is 0 Å². The summed E-state index contributed by atoms with van der Waals surface area (Å²) in [5, 5.41) is 3.05. The van der Waals surface area contributed by atoms with E-state index in [0.29, 0.717) is 6.61 Å². The Kier molecular flexibility index (Phi) is 5.31. The largest absolute Gasteiger partial charge is 0.491 e. The van der Waals surface area contributed by atoms with Gasteiger partial charge in [0.2, 0.25) is 0 Å². The van der Waals surface area contributed by atoms with Crippen LogP contribution in [-0.4, -0.2) is 28.6 Å². The Labute approximate surface area is 149 Å². The molecule has 1 N–H and O–H groups in total. The summed E-state index contributed by atoms with van der Waals surface area (Å²) >= 11 is 0. The minimum atomic E-state index is -0.0612. The molecule has 0 aliphatic carbocycles. The van der Waals surface area contributed by atoms with Gasteiger partial charge in [-0.15, -0.1) is 0 Å². The number of rotatable bonds is 5. The molecule has 0 bridgehead atoms. The zero-order valence-corrected chi connectivity index (χ0v) is 15.3. The number of carbonyl (C=O) groups excluding carboxylic acids is 1. The highest BCUT2D eigenvalue weighted by Gasteiger charge is 2.31.